The van der Waals surface area contributed by atoms with Crippen LogP contribution in [0.1, 0.15) is 21.6 Å². The van der Waals surface area contributed by atoms with Gasteiger partial charge in [0.1, 0.15) is 0 Å². The van der Waals surface area contributed by atoms with Crippen LogP contribution in [0.4, 0.5) is 16.6 Å². The summed E-state index contributed by atoms with van der Waals surface area (Å²) in [5.41, 5.74) is 11.6. The largest absolute Gasteiger partial charge is 0.378 e. The summed E-state index contributed by atoms with van der Waals surface area (Å²) in [6, 6.07) is 24.0. The number of azo groups is 1. The lowest BCUT2D eigenvalue weighted by Crippen LogP contribution is -2.27. The normalized spacial score (nSPS) is 11.5. The topological polar surface area (TPSA) is 252 Å². The van der Waals surface area contributed by atoms with E-state index in [2.05, 4.69) is 56.6 Å². The minimum absolute atomic E-state index is 0.146. The van der Waals surface area contributed by atoms with Gasteiger partial charge in [0.05, 0.1) is 43.4 Å². The maximum absolute atomic E-state index is 13.6. The summed E-state index contributed by atoms with van der Waals surface area (Å²) in [4.78, 5) is 44.9. The lowest BCUT2D eigenvalue weighted by molar-refractivity contribution is 0.0905. The van der Waals surface area contributed by atoms with Crippen molar-refractivity contribution in [3.8, 4) is 27.6 Å². The second-order valence-corrected chi connectivity index (χ2v) is 17.3. The van der Waals surface area contributed by atoms with E-state index in [1.54, 1.807) is 33.1 Å². The number of amides is 1. The first-order chi connectivity index (χ1) is 32.4. The number of nitrogens with two attached hydrogens (primary N) is 1. The first-order valence-electron chi connectivity index (χ1n) is 20.3. The predicted molar refractivity (Wildman–Crippen MR) is 253 cm³/mol. The molecule has 0 atom stereocenters. The Labute approximate surface area is 392 Å². The fraction of sp³-hybridized carbons (Fsp3) is 0.190. The van der Waals surface area contributed by atoms with E-state index >= 15 is 0 Å². The molecule has 0 aliphatic rings. The molecule has 0 spiro atoms. The van der Waals surface area contributed by atoms with Gasteiger partial charge in [0, 0.05) is 70.3 Å². The molecule has 6 heterocycles. The van der Waals surface area contributed by atoms with Crippen LogP contribution in [0.15, 0.2) is 122 Å². The molecule has 0 saturated heterocycles. The molecule has 0 aliphatic heterocycles. The summed E-state index contributed by atoms with van der Waals surface area (Å²) in [5, 5.41) is 40.6. The van der Waals surface area contributed by atoms with Crippen molar-refractivity contribution in [3.05, 3.63) is 134 Å². The Morgan fingerprint density at radius 2 is 1.77 bits per heavy atom. The summed E-state index contributed by atoms with van der Waals surface area (Å²) < 4.78 is 10.6. The van der Waals surface area contributed by atoms with Gasteiger partial charge in [0.15, 0.2) is 27.8 Å². The molecule has 1 amide bonds. The van der Waals surface area contributed by atoms with Crippen LogP contribution in [-0.2, 0) is 23.6 Å². The van der Waals surface area contributed by atoms with E-state index in [0.717, 1.165) is 22.4 Å². The molecule has 6 aromatic heterocycles. The number of thiazole rings is 2. The number of aromatic amines is 1. The van der Waals surface area contributed by atoms with Gasteiger partial charge in [0.2, 0.25) is 10.3 Å². The SMILES string of the molecule is NCCNc1nc(SCc2cn(CCOCCNC(=O)c3ccc(-c4csc(-n5[nH]c(-c6ccccc6)c(N=Nc6nccs6)c5=O)n4)cc3)nn2)nc2c1nnn2Cc1ccc(Cl)cc1. The van der Waals surface area contributed by atoms with Crippen LogP contribution in [0.3, 0.4) is 0 Å². The number of nitrogens with zero attached hydrogens (tertiary/aromatic N) is 13. The first kappa shape index (κ1) is 44.2. The molecule has 0 aliphatic carbocycles. The van der Waals surface area contributed by atoms with E-state index < -0.39 is 5.56 Å². The van der Waals surface area contributed by atoms with Crippen molar-refractivity contribution in [1.82, 2.24) is 65.0 Å². The molecule has 334 valence electrons. The second kappa shape index (κ2) is 20.9. The van der Waals surface area contributed by atoms with Crippen molar-refractivity contribution < 1.29 is 9.53 Å². The van der Waals surface area contributed by atoms with Gasteiger partial charge in [-0.1, -0.05) is 88.4 Å². The number of ether oxygens (including phenoxy) is 1. The highest BCUT2D eigenvalue weighted by Crippen LogP contribution is 2.31. The molecule has 5 N–H and O–H groups in total. The van der Waals surface area contributed by atoms with Crippen LogP contribution < -0.4 is 21.9 Å². The number of thioether (sulfide) groups is 1. The minimum Gasteiger partial charge on any atom is -0.378 e. The van der Waals surface area contributed by atoms with Crippen LogP contribution in [0.2, 0.25) is 5.02 Å². The number of H-pyrrole nitrogens is 1. The molecule has 20 nitrogen and oxygen atoms in total. The van der Waals surface area contributed by atoms with E-state index in [1.807, 2.05) is 78.3 Å². The summed E-state index contributed by atoms with van der Waals surface area (Å²) in [6.07, 6.45) is 3.48. The Balaban J connectivity index is 0.740. The summed E-state index contributed by atoms with van der Waals surface area (Å²) >= 11 is 10.1. The number of hydrogen-bond acceptors (Lipinski definition) is 18. The van der Waals surface area contributed by atoms with Gasteiger partial charge in [-0.05, 0) is 29.8 Å². The van der Waals surface area contributed by atoms with Crippen molar-refractivity contribution in [2.24, 2.45) is 16.0 Å². The number of rotatable bonds is 20. The van der Waals surface area contributed by atoms with Gasteiger partial charge in [-0.25, -0.2) is 29.3 Å². The number of carbonyl (C=O) groups is 1. The highest BCUT2D eigenvalue weighted by molar-refractivity contribution is 7.98. The third-order valence-corrected chi connectivity index (χ3v) is 12.3. The number of anilines is 1. The number of fused-ring (bicyclic) bond motifs is 1. The van der Waals surface area contributed by atoms with E-state index in [0.29, 0.717) is 106 Å². The minimum atomic E-state index is -0.396. The monoisotopic (exact) mass is 959 g/mol. The molecular weight excluding hydrogens is 922 g/mol. The van der Waals surface area contributed by atoms with Crippen LogP contribution in [0.25, 0.3) is 38.8 Å². The fourth-order valence-electron chi connectivity index (χ4n) is 6.45. The van der Waals surface area contributed by atoms with Crippen molar-refractivity contribution in [3.63, 3.8) is 0 Å². The molecule has 0 unspecified atom stereocenters. The highest BCUT2D eigenvalue weighted by atomic mass is 35.5. The molecule has 0 fully saturated rings. The number of aromatic nitrogens is 12. The van der Waals surface area contributed by atoms with E-state index in [1.165, 1.54) is 39.1 Å². The number of carbonyl (C=O) groups excluding carboxylic acids is 1. The Morgan fingerprint density at radius 1 is 0.924 bits per heavy atom. The highest BCUT2D eigenvalue weighted by Gasteiger charge is 2.20. The third kappa shape index (κ3) is 10.6. The smallest absolute Gasteiger partial charge is 0.301 e. The Morgan fingerprint density at radius 3 is 2.58 bits per heavy atom. The van der Waals surface area contributed by atoms with Crippen LogP contribution >= 0.6 is 46.0 Å². The number of nitrogens with one attached hydrogen (secondary N) is 3. The van der Waals surface area contributed by atoms with Gasteiger partial charge < -0.3 is 21.1 Å². The fourth-order valence-corrected chi connectivity index (χ4v) is 8.53. The molecule has 0 radical (unpaired) electrons. The quantitative estimate of drug-likeness (QED) is 0.0267. The van der Waals surface area contributed by atoms with E-state index in [4.69, 9.17) is 32.0 Å². The van der Waals surface area contributed by atoms with Crippen molar-refractivity contribution in [2.45, 2.75) is 24.0 Å². The molecule has 0 saturated carbocycles. The van der Waals surface area contributed by atoms with E-state index in [9.17, 15) is 9.59 Å². The number of halogens is 1. The molecule has 66 heavy (non-hydrogen) atoms. The van der Waals surface area contributed by atoms with Crippen LogP contribution in [0.5, 0.6) is 0 Å². The molecule has 24 heteroatoms. The standard InChI is InChI=1S/C42H38ClN17O3S3/c43-30-12-6-26(7-13-30)22-59-37-35(53-57-59)36(45-15-14-44)49-41(50-37)65-24-31-23-58(56-51-31)18-20-63-19-16-46-38(61)29-10-8-27(9-11-29)32-25-66-42(48-32)60-39(62)34(52-54-40-47-17-21-64-40)33(55-60)28-4-2-1-3-5-28/h1-13,17,21,23,25,55H,14-16,18-20,22,24,44H2,(H,46,61)(H,45,49,50). The first-order valence-corrected chi connectivity index (χ1v) is 23.5. The van der Waals surface area contributed by atoms with Gasteiger partial charge >= 0.3 is 5.56 Å². The summed E-state index contributed by atoms with van der Waals surface area (Å²) in [5.74, 6) is 0.802. The molecule has 9 aromatic rings. The average Bonchev–Trinajstić information content (AvgIpc) is 4.22. The zero-order valence-corrected chi connectivity index (χ0v) is 37.9. The molecule has 9 rings (SSSR count). The van der Waals surface area contributed by atoms with Gasteiger partial charge in [0.25, 0.3) is 5.91 Å². The Bertz CT molecular complexity index is 3130. The van der Waals surface area contributed by atoms with Gasteiger partial charge in [-0.2, -0.15) is 4.68 Å². The average molecular weight is 961 g/mol. The zero-order chi connectivity index (χ0) is 45.2. The van der Waals surface area contributed by atoms with Crippen LogP contribution in [0, 0.1) is 0 Å². The third-order valence-electron chi connectivity index (χ3n) is 9.67. The Hall–Kier alpha value is -7.02. The zero-order valence-electron chi connectivity index (χ0n) is 34.7. The van der Waals surface area contributed by atoms with Crippen molar-refractivity contribution in [2.75, 3.05) is 38.2 Å². The molecular formula is C42H38ClN17O3S3. The summed E-state index contributed by atoms with van der Waals surface area (Å²) in [7, 11) is 0. The lowest BCUT2D eigenvalue weighted by Gasteiger charge is -2.08. The maximum Gasteiger partial charge on any atom is 0.301 e. The molecule has 0 bridgehead atoms. The van der Waals surface area contributed by atoms with Crippen LogP contribution in [-0.4, -0.2) is 98.5 Å². The lowest BCUT2D eigenvalue weighted by atomic mass is 10.1. The van der Waals surface area contributed by atoms with E-state index in [-0.39, 0.29) is 11.6 Å². The van der Waals surface area contributed by atoms with Crippen molar-refractivity contribution >= 4 is 79.7 Å². The predicted octanol–water partition coefficient (Wildman–Crippen LogP) is 6.77. The summed E-state index contributed by atoms with van der Waals surface area (Å²) in [6.45, 7) is 2.87. The second-order valence-electron chi connectivity index (χ2n) is 14.2. The Kier molecular flexibility index (Phi) is 14.0. The van der Waals surface area contributed by atoms with Gasteiger partial charge in [-0.15, -0.1) is 43.1 Å². The number of benzene rings is 3. The maximum atomic E-state index is 13.6. The molecule has 3 aromatic carbocycles. The van der Waals surface area contributed by atoms with Gasteiger partial charge in [-0.3, -0.25) is 14.7 Å². The van der Waals surface area contributed by atoms with Crippen molar-refractivity contribution in [1.29, 1.82) is 0 Å². The number of hydrogen-bond donors (Lipinski definition) is 4.